The Morgan fingerprint density at radius 3 is 3.00 bits per heavy atom. The van der Waals surface area contributed by atoms with E-state index in [1.165, 1.54) is 0 Å². The van der Waals surface area contributed by atoms with Gasteiger partial charge in [-0.2, -0.15) is 0 Å². The Morgan fingerprint density at radius 1 is 1.23 bits per heavy atom. The number of hydrogen-bond acceptors (Lipinski definition) is 4. The molecule has 5 nitrogen and oxygen atoms in total. The number of rotatable bonds is 5. The van der Waals surface area contributed by atoms with Crippen LogP contribution in [0.5, 0.6) is 0 Å². The van der Waals surface area contributed by atoms with Gasteiger partial charge >= 0.3 is 0 Å². The van der Waals surface area contributed by atoms with E-state index in [2.05, 4.69) is 20.2 Å². The maximum absolute atomic E-state index is 12.3. The van der Waals surface area contributed by atoms with Gasteiger partial charge in [0.1, 0.15) is 5.82 Å². The largest absolute Gasteiger partial charge is 0.370 e. The van der Waals surface area contributed by atoms with Gasteiger partial charge in [-0.1, -0.05) is 24.3 Å². The zero-order valence-electron chi connectivity index (χ0n) is 15.0. The van der Waals surface area contributed by atoms with E-state index < -0.39 is 0 Å². The van der Waals surface area contributed by atoms with E-state index in [0.29, 0.717) is 12.5 Å². The minimum absolute atomic E-state index is 0.0224. The third-order valence-corrected chi connectivity index (χ3v) is 5.05. The molecule has 0 unspecified atom stereocenters. The van der Waals surface area contributed by atoms with Crippen molar-refractivity contribution in [2.75, 3.05) is 25.0 Å². The first kappa shape index (κ1) is 16.8. The van der Waals surface area contributed by atoms with E-state index in [9.17, 15) is 4.79 Å². The van der Waals surface area contributed by atoms with Gasteiger partial charge in [-0.25, -0.2) is 4.98 Å². The van der Waals surface area contributed by atoms with Crippen molar-refractivity contribution < 1.29 is 0 Å². The van der Waals surface area contributed by atoms with Gasteiger partial charge in [-0.3, -0.25) is 9.69 Å². The van der Waals surface area contributed by atoms with Crippen molar-refractivity contribution in [3.8, 4) is 0 Å². The fraction of sp³-hybridized carbons (Fsp3) is 0.333. The lowest BCUT2D eigenvalue weighted by Crippen LogP contribution is -2.26. The normalized spacial score (nSPS) is 17.7. The minimum Gasteiger partial charge on any atom is -0.370 e. The molecular weight excluding hydrogens is 324 g/mol. The number of para-hydroxylation sites is 1. The molecule has 4 rings (SSSR count). The van der Waals surface area contributed by atoms with E-state index in [4.69, 9.17) is 0 Å². The molecule has 2 aromatic heterocycles. The number of H-pyrrole nitrogens is 1. The van der Waals surface area contributed by atoms with Gasteiger partial charge in [0.15, 0.2) is 0 Å². The topological polar surface area (TPSA) is 61.0 Å². The van der Waals surface area contributed by atoms with Crippen molar-refractivity contribution >= 4 is 16.7 Å². The summed E-state index contributed by atoms with van der Waals surface area (Å²) in [6.07, 6.45) is 1.14. The Morgan fingerprint density at radius 2 is 2.12 bits per heavy atom. The zero-order valence-corrected chi connectivity index (χ0v) is 15.0. The van der Waals surface area contributed by atoms with Crippen molar-refractivity contribution in [3.63, 3.8) is 0 Å². The fourth-order valence-corrected chi connectivity index (χ4v) is 3.66. The number of likely N-dealkylation sites (tertiary alicyclic amines) is 1. The monoisotopic (exact) mass is 348 g/mol. The Hall–Kier alpha value is -2.66. The molecule has 1 aromatic carbocycles. The summed E-state index contributed by atoms with van der Waals surface area (Å²) in [7, 11) is 0. The lowest BCUT2D eigenvalue weighted by atomic mass is 10.1. The molecule has 3 heterocycles. The van der Waals surface area contributed by atoms with Crippen LogP contribution < -0.4 is 10.9 Å². The molecule has 3 aromatic rings. The van der Waals surface area contributed by atoms with Gasteiger partial charge in [0.2, 0.25) is 0 Å². The Balaban J connectivity index is 1.37. The number of nitrogens with one attached hydrogen (secondary N) is 2. The molecule has 1 saturated heterocycles. The second-order valence-corrected chi connectivity index (χ2v) is 7.15. The second-order valence-electron chi connectivity index (χ2n) is 7.15. The van der Waals surface area contributed by atoms with Gasteiger partial charge in [-0.15, -0.1) is 0 Å². The van der Waals surface area contributed by atoms with Crippen molar-refractivity contribution in [1.29, 1.82) is 0 Å². The number of fused-ring (bicyclic) bond motifs is 1. The summed E-state index contributed by atoms with van der Waals surface area (Å²) in [4.78, 5) is 22.2. The molecular formula is C21H24N4O. The summed E-state index contributed by atoms with van der Waals surface area (Å²) < 4.78 is 0. The van der Waals surface area contributed by atoms with Crippen molar-refractivity contribution in [3.05, 3.63) is 70.1 Å². The third kappa shape index (κ3) is 3.78. The molecule has 0 spiro atoms. The maximum Gasteiger partial charge on any atom is 0.252 e. The highest BCUT2D eigenvalue weighted by molar-refractivity contribution is 5.78. The third-order valence-electron chi connectivity index (χ3n) is 5.05. The fourth-order valence-electron chi connectivity index (χ4n) is 3.66. The SMILES string of the molecule is Cc1cccc(NC[C@@H]2CCN(Cc3cc4ccccc4[nH]c3=O)C2)n1. The Bertz CT molecular complexity index is 965. The van der Waals surface area contributed by atoms with E-state index in [1.807, 2.05) is 55.5 Å². The van der Waals surface area contributed by atoms with Crippen LogP contribution in [0.25, 0.3) is 10.9 Å². The van der Waals surface area contributed by atoms with Crippen LogP contribution in [0.1, 0.15) is 17.7 Å². The molecule has 26 heavy (non-hydrogen) atoms. The minimum atomic E-state index is 0.0224. The highest BCUT2D eigenvalue weighted by Gasteiger charge is 2.23. The van der Waals surface area contributed by atoms with Gasteiger partial charge < -0.3 is 10.3 Å². The van der Waals surface area contributed by atoms with Gasteiger partial charge in [0, 0.05) is 36.4 Å². The van der Waals surface area contributed by atoms with E-state index in [-0.39, 0.29) is 5.56 Å². The number of pyridine rings is 2. The van der Waals surface area contributed by atoms with E-state index in [1.54, 1.807) is 0 Å². The molecule has 1 fully saturated rings. The number of anilines is 1. The average molecular weight is 348 g/mol. The quantitative estimate of drug-likeness (QED) is 0.743. The summed E-state index contributed by atoms with van der Waals surface area (Å²) in [6.45, 7) is 5.66. The van der Waals surface area contributed by atoms with Crippen molar-refractivity contribution in [2.45, 2.75) is 19.9 Å². The summed E-state index contributed by atoms with van der Waals surface area (Å²) in [5.74, 6) is 1.52. The number of hydrogen-bond donors (Lipinski definition) is 2. The molecule has 0 aliphatic carbocycles. The van der Waals surface area contributed by atoms with Gasteiger partial charge in [-0.05, 0) is 55.5 Å². The number of aryl methyl sites for hydroxylation is 1. The predicted molar refractivity (Wildman–Crippen MR) is 105 cm³/mol. The standard InChI is InChI=1S/C21H24N4O/c1-15-5-4-8-20(23-15)22-12-16-9-10-25(13-16)14-18-11-17-6-2-3-7-19(17)24-21(18)26/h2-8,11,16H,9-10,12-14H2,1H3,(H,22,23)(H,24,26)/t16-/m0/s1. The summed E-state index contributed by atoms with van der Waals surface area (Å²) in [5.41, 5.74) is 2.79. The van der Waals surface area contributed by atoms with Crippen LogP contribution in [0.4, 0.5) is 5.82 Å². The molecule has 5 heteroatoms. The van der Waals surface area contributed by atoms with E-state index >= 15 is 0 Å². The highest BCUT2D eigenvalue weighted by atomic mass is 16.1. The van der Waals surface area contributed by atoms with Crippen LogP contribution in [0.3, 0.4) is 0 Å². The van der Waals surface area contributed by atoms with Crippen LogP contribution in [-0.4, -0.2) is 34.5 Å². The molecule has 2 N–H and O–H groups in total. The number of aromatic nitrogens is 2. The second kappa shape index (κ2) is 7.30. The first-order valence-electron chi connectivity index (χ1n) is 9.18. The van der Waals surface area contributed by atoms with Crippen molar-refractivity contribution in [2.24, 2.45) is 5.92 Å². The highest BCUT2D eigenvalue weighted by Crippen LogP contribution is 2.19. The number of nitrogens with zero attached hydrogens (tertiary/aromatic N) is 2. The molecule has 0 radical (unpaired) electrons. The van der Waals surface area contributed by atoms with Crippen molar-refractivity contribution in [1.82, 2.24) is 14.9 Å². The molecule has 1 atom stereocenters. The number of benzene rings is 1. The smallest absolute Gasteiger partial charge is 0.252 e. The van der Waals surface area contributed by atoms with Gasteiger partial charge in [0.05, 0.1) is 0 Å². The molecule has 1 aliphatic rings. The predicted octanol–water partition coefficient (Wildman–Crippen LogP) is 3.17. The van der Waals surface area contributed by atoms with Crippen LogP contribution >= 0.6 is 0 Å². The van der Waals surface area contributed by atoms with Crippen LogP contribution in [0.2, 0.25) is 0 Å². The first-order chi connectivity index (χ1) is 12.7. The number of aromatic amines is 1. The van der Waals surface area contributed by atoms with Crippen LogP contribution in [0.15, 0.2) is 53.3 Å². The van der Waals surface area contributed by atoms with Crippen LogP contribution in [-0.2, 0) is 6.54 Å². The maximum atomic E-state index is 12.3. The summed E-state index contributed by atoms with van der Waals surface area (Å²) in [6, 6.07) is 16.0. The average Bonchev–Trinajstić information content (AvgIpc) is 3.08. The van der Waals surface area contributed by atoms with E-state index in [0.717, 1.165) is 54.0 Å². The lowest BCUT2D eigenvalue weighted by molar-refractivity contribution is 0.317. The molecule has 0 amide bonds. The Labute approximate surface area is 153 Å². The molecule has 1 aliphatic heterocycles. The molecule has 134 valence electrons. The molecule has 0 saturated carbocycles. The van der Waals surface area contributed by atoms with Crippen LogP contribution in [0, 0.1) is 12.8 Å². The summed E-state index contributed by atoms with van der Waals surface area (Å²) in [5, 5.41) is 4.53. The Kier molecular flexibility index (Phi) is 4.71. The summed E-state index contributed by atoms with van der Waals surface area (Å²) >= 11 is 0. The zero-order chi connectivity index (χ0) is 17.9. The lowest BCUT2D eigenvalue weighted by Gasteiger charge is -2.16. The molecule has 0 bridgehead atoms. The first-order valence-corrected chi connectivity index (χ1v) is 9.18. The van der Waals surface area contributed by atoms with Gasteiger partial charge in [0.25, 0.3) is 5.56 Å².